The Morgan fingerprint density at radius 2 is 1.58 bits per heavy atom. The van der Waals surface area contributed by atoms with Crippen LogP contribution in [-0.4, -0.2) is 55.2 Å². The molecule has 0 aliphatic rings. The Morgan fingerprint density at radius 3 is 1.95 bits per heavy atom. The van der Waals surface area contributed by atoms with E-state index in [1.54, 1.807) is 0 Å². The van der Waals surface area contributed by atoms with Crippen molar-refractivity contribution in [2.45, 2.75) is 34.6 Å². The average Bonchev–Trinajstić information content (AvgIpc) is 2.12. The maximum atomic E-state index is 12.2. The van der Waals surface area contributed by atoms with Crippen LogP contribution in [0.25, 0.3) is 0 Å². The Morgan fingerprint density at radius 1 is 1.11 bits per heavy atom. The lowest BCUT2D eigenvalue weighted by molar-refractivity contribution is -0.881. The first-order valence-electron chi connectivity index (χ1n) is 6.62. The van der Waals surface area contributed by atoms with E-state index >= 15 is 0 Å². The molecule has 0 fully saturated rings. The summed E-state index contributed by atoms with van der Waals surface area (Å²) in [7, 11) is 3.68. The zero-order valence-corrected chi connectivity index (χ0v) is 13.3. The van der Waals surface area contributed by atoms with Gasteiger partial charge in [0.25, 0.3) is 0 Å². The molecule has 0 aromatic heterocycles. The van der Waals surface area contributed by atoms with E-state index in [4.69, 9.17) is 5.11 Å². The molecule has 0 aromatic rings. The van der Waals surface area contributed by atoms with E-state index in [0.29, 0.717) is 17.6 Å². The molecule has 5 nitrogen and oxygen atoms in total. The van der Waals surface area contributed by atoms with Gasteiger partial charge in [-0.05, 0) is 5.41 Å². The smallest absolute Gasteiger partial charge is 0.359 e. The fourth-order valence-corrected chi connectivity index (χ4v) is 1.48. The van der Waals surface area contributed by atoms with Crippen molar-refractivity contribution in [3.05, 3.63) is 0 Å². The highest BCUT2D eigenvalue weighted by Gasteiger charge is 2.39. The van der Waals surface area contributed by atoms with Gasteiger partial charge in [-0.15, -0.1) is 0 Å². The van der Waals surface area contributed by atoms with Crippen LogP contribution in [0.2, 0.25) is 0 Å². The zero-order valence-electron chi connectivity index (χ0n) is 13.3. The Hall–Kier alpha value is -1.10. The topological polar surface area (TPSA) is 66.4 Å². The summed E-state index contributed by atoms with van der Waals surface area (Å²) in [6, 6.07) is 0. The number of carbonyl (C=O) groups excluding carboxylic acids is 1. The second-order valence-electron chi connectivity index (χ2n) is 7.34. The first kappa shape index (κ1) is 17.9. The predicted octanol–water partition coefficient (Wildman–Crippen LogP) is 1.34. The summed E-state index contributed by atoms with van der Waals surface area (Å²) in [5.74, 6) is -0.818. The zero-order chi connectivity index (χ0) is 15.5. The maximum absolute atomic E-state index is 12.2. The second-order valence-corrected chi connectivity index (χ2v) is 7.34. The lowest BCUT2D eigenvalue weighted by Gasteiger charge is -2.37. The van der Waals surface area contributed by atoms with E-state index in [1.807, 2.05) is 48.7 Å². The van der Waals surface area contributed by atoms with Crippen LogP contribution in [0.1, 0.15) is 34.6 Å². The molecule has 1 amide bonds. The van der Waals surface area contributed by atoms with Gasteiger partial charge in [-0.25, -0.2) is 4.79 Å². The minimum atomic E-state index is -0.827. The van der Waals surface area contributed by atoms with Crippen molar-refractivity contribution in [1.29, 1.82) is 0 Å². The molecule has 0 spiro atoms. The van der Waals surface area contributed by atoms with Gasteiger partial charge in [0.1, 0.15) is 0 Å². The molecule has 19 heavy (non-hydrogen) atoms. The number of hydrogen-bond acceptors (Lipinski definition) is 2. The maximum Gasteiger partial charge on any atom is 0.359 e. The fourth-order valence-electron chi connectivity index (χ4n) is 1.48. The SMILES string of the molecule is CC(C)(C)C(C)(C)C(=O)NCC[N+](C)(C)CC(=O)O. The highest BCUT2D eigenvalue weighted by molar-refractivity contribution is 5.82. The highest BCUT2D eigenvalue weighted by atomic mass is 16.4. The van der Waals surface area contributed by atoms with E-state index in [0.717, 1.165) is 0 Å². The van der Waals surface area contributed by atoms with Crippen molar-refractivity contribution in [1.82, 2.24) is 5.32 Å². The molecule has 112 valence electrons. The molecule has 0 bridgehead atoms. The van der Waals surface area contributed by atoms with Crippen LogP contribution in [0.4, 0.5) is 0 Å². The number of nitrogens with one attached hydrogen (secondary N) is 1. The Balaban J connectivity index is 4.37. The quantitative estimate of drug-likeness (QED) is 0.718. The first-order chi connectivity index (χ1) is 8.29. The van der Waals surface area contributed by atoms with Gasteiger partial charge >= 0.3 is 5.97 Å². The molecular formula is C14H29N2O3+. The lowest BCUT2D eigenvalue weighted by Crippen LogP contribution is -2.51. The van der Waals surface area contributed by atoms with Gasteiger partial charge in [-0.1, -0.05) is 34.6 Å². The minimum Gasteiger partial charge on any atom is -0.477 e. The molecule has 0 saturated carbocycles. The number of quaternary nitrogens is 1. The molecule has 0 heterocycles. The number of amides is 1. The Bertz CT molecular complexity index is 341. The Kier molecular flexibility index (Phi) is 5.56. The van der Waals surface area contributed by atoms with E-state index in [9.17, 15) is 9.59 Å². The number of carboxylic acid groups (broad SMARTS) is 1. The number of carboxylic acids is 1. The molecule has 0 radical (unpaired) electrons. The summed E-state index contributed by atoms with van der Waals surface area (Å²) in [5, 5.41) is 11.7. The minimum absolute atomic E-state index is 0.00956. The summed E-state index contributed by atoms with van der Waals surface area (Å²) < 4.78 is 0.353. The van der Waals surface area contributed by atoms with Gasteiger partial charge in [0.2, 0.25) is 5.91 Å². The average molecular weight is 273 g/mol. The van der Waals surface area contributed by atoms with Crippen LogP contribution < -0.4 is 5.32 Å². The summed E-state index contributed by atoms with van der Waals surface area (Å²) in [6.07, 6.45) is 0. The monoisotopic (exact) mass is 273 g/mol. The third-order valence-electron chi connectivity index (χ3n) is 4.01. The van der Waals surface area contributed by atoms with Crippen LogP contribution in [0, 0.1) is 10.8 Å². The molecule has 0 unspecified atom stereocenters. The molecule has 2 N–H and O–H groups in total. The van der Waals surface area contributed by atoms with E-state index < -0.39 is 11.4 Å². The largest absolute Gasteiger partial charge is 0.477 e. The number of aliphatic carboxylic acids is 1. The predicted molar refractivity (Wildman–Crippen MR) is 75.7 cm³/mol. The van der Waals surface area contributed by atoms with Gasteiger partial charge < -0.3 is 14.9 Å². The molecule has 0 aliphatic heterocycles. The van der Waals surface area contributed by atoms with Crippen LogP contribution in [0.3, 0.4) is 0 Å². The van der Waals surface area contributed by atoms with Gasteiger partial charge in [0, 0.05) is 5.41 Å². The summed E-state index contributed by atoms with van der Waals surface area (Å²) in [6.45, 7) is 11.1. The standard InChI is InChI=1S/C14H28N2O3/c1-13(2,3)14(4,5)12(19)15-8-9-16(6,7)10-11(17)18/h8-10H2,1-7H3,(H-,15,17,18,19)/p+1. The number of carbonyl (C=O) groups is 2. The van der Waals surface area contributed by atoms with Gasteiger partial charge in [0.05, 0.1) is 27.2 Å². The summed E-state index contributed by atoms with van der Waals surface area (Å²) in [4.78, 5) is 22.9. The van der Waals surface area contributed by atoms with Gasteiger partial charge in [-0.2, -0.15) is 0 Å². The van der Waals surface area contributed by atoms with E-state index in [-0.39, 0.29) is 17.9 Å². The molecule has 0 rings (SSSR count). The van der Waals surface area contributed by atoms with Crippen molar-refractivity contribution in [2.75, 3.05) is 33.7 Å². The van der Waals surface area contributed by atoms with Crippen molar-refractivity contribution >= 4 is 11.9 Å². The van der Waals surface area contributed by atoms with Crippen LogP contribution in [0.15, 0.2) is 0 Å². The number of nitrogens with zero attached hydrogens (tertiary/aromatic N) is 1. The molecular weight excluding hydrogens is 244 g/mol. The molecule has 0 aliphatic carbocycles. The number of likely N-dealkylation sites (N-methyl/N-ethyl adjacent to an activating group) is 1. The first-order valence-corrected chi connectivity index (χ1v) is 6.62. The third-order valence-corrected chi connectivity index (χ3v) is 4.01. The van der Waals surface area contributed by atoms with Gasteiger partial charge in [0.15, 0.2) is 6.54 Å². The lowest BCUT2D eigenvalue weighted by atomic mass is 9.69. The molecule has 0 atom stereocenters. The van der Waals surface area contributed by atoms with Gasteiger partial charge in [-0.3, -0.25) is 4.79 Å². The summed E-state index contributed by atoms with van der Waals surface area (Å²) in [5.41, 5.74) is -0.584. The van der Waals surface area contributed by atoms with Crippen molar-refractivity contribution in [2.24, 2.45) is 10.8 Å². The van der Waals surface area contributed by atoms with Crippen LogP contribution in [0.5, 0.6) is 0 Å². The van der Waals surface area contributed by atoms with Crippen molar-refractivity contribution in [3.8, 4) is 0 Å². The number of hydrogen-bond donors (Lipinski definition) is 2. The highest BCUT2D eigenvalue weighted by Crippen LogP contribution is 2.37. The normalized spacial score (nSPS) is 13.2. The molecule has 0 aromatic carbocycles. The van der Waals surface area contributed by atoms with Crippen LogP contribution >= 0.6 is 0 Å². The van der Waals surface area contributed by atoms with Crippen molar-refractivity contribution in [3.63, 3.8) is 0 Å². The number of rotatable bonds is 6. The van der Waals surface area contributed by atoms with E-state index in [2.05, 4.69) is 5.32 Å². The second kappa shape index (κ2) is 5.90. The molecule has 0 saturated heterocycles. The van der Waals surface area contributed by atoms with E-state index in [1.165, 1.54) is 0 Å². The third kappa shape index (κ3) is 5.59. The molecule has 5 heteroatoms. The Labute approximate surface area is 116 Å². The fraction of sp³-hybridized carbons (Fsp3) is 0.857. The van der Waals surface area contributed by atoms with Crippen LogP contribution in [-0.2, 0) is 9.59 Å². The van der Waals surface area contributed by atoms with Crippen molar-refractivity contribution < 1.29 is 19.2 Å². The summed E-state index contributed by atoms with van der Waals surface area (Å²) >= 11 is 0.